The first-order valence-electron chi connectivity index (χ1n) is 9.09. The molecular formula is C21H19ClN2O6. The van der Waals surface area contributed by atoms with E-state index in [0.29, 0.717) is 22.0 Å². The highest BCUT2D eigenvalue weighted by Crippen LogP contribution is 2.26. The van der Waals surface area contributed by atoms with Crippen molar-refractivity contribution in [1.82, 2.24) is 0 Å². The van der Waals surface area contributed by atoms with Gasteiger partial charge in [0.2, 0.25) is 5.91 Å². The van der Waals surface area contributed by atoms with Crippen LogP contribution in [0.25, 0.3) is 0 Å². The Balaban J connectivity index is 1.54. The number of nitrogens with one attached hydrogen (secondary N) is 1. The Morgan fingerprint density at radius 1 is 1.13 bits per heavy atom. The van der Waals surface area contributed by atoms with Crippen molar-refractivity contribution in [1.29, 1.82) is 0 Å². The molecule has 0 bridgehead atoms. The molecule has 0 aliphatic carbocycles. The number of halogens is 1. The summed E-state index contributed by atoms with van der Waals surface area (Å²) in [4.78, 5) is 49.6. The predicted octanol–water partition coefficient (Wildman–Crippen LogP) is 2.66. The lowest BCUT2D eigenvalue weighted by Crippen LogP contribution is -2.28. The molecule has 0 saturated carbocycles. The molecule has 9 heteroatoms. The van der Waals surface area contributed by atoms with Gasteiger partial charge in [0.25, 0.3) is 5.91 Å². The van der Waals surface area contributed by atoms with Crippen molar-refractivity contribution in [2.75, 3.05) is 30.5 Å². The number of nitrogens with zero attached hydrogens (tertiary/aromatic N) is 1. The Hall–Kier alpha value is -3.39. The number of rotatable bonds is 6. The van der Waals surface area contributed by atoms with E-state index >= 15 is 0 Å². The van der Waals surface area contributed by atoms with Crippen molar-refractivity contribution < 1.29 is 28.7 Å². The van der Waals surface area contributed by atoms with Gasteiger partial charge in [-0.1, -0.05) is 23.7 Å². The van der Waals surface area contributed by atoms with Crippen molar-refractivity contribution in [2.24, 2.45) is 5.92 Å². The molecule has 1 atom stereocenters. The summed E-state index contributed by atoms with van der Waals surface area (Å²) in [5.41, 5.74) is 1.32. The summed E-state index contributed by atoms with van der Waals surface area (Å²) in [6.45, 7) is -0.357. The quantitative estimate of drug-likeness (QED) is 0.707. The fourth-order valence-corrected chi connectivity index (χ4v) is 3.20. The van der Waals surface area contributed by atoms with Crippen LogP contribution in [-0.4, -0.2) is 44.0 Å². The number of carbonyl (C=O) groups is 4. The van der Waals surface area contributed by atoms with Crippen LogP contribution < -0.4 is 10.2 Å². The number of esters is 2. The molecule has 1 N–H and O–H groups in total. The topological polar surface area (TPSA) is 102 Å². The highest BCUT2D eigenvalue weighted by Gasteiger charge is 2.36. The number of para-hydroxylation sites is 1. The fourth-order valence-electron chi connectivity index (χ4n) is 3.01. The van der Waals surface area contributed by atoms with Crippen molar-refractivity contribution >= 4 is 46.7 Å². The van der Waals surface area contributed by atoms with Gasteiger partial charge in [-0.05, 0) is 36.4 Å². The molecule has 0 spiro atoms. The Labute approximate surface area is 177 Å². The molecule has 1 aliphatic rings. The zero-order valence-corrected chi connectivity index (χ0v) is 16.8. The Bertz CT molecular complexity index is 976. The molecule has 1 fully saturated rings. The van der Waals surface area contributed by atoms with Gasteiger partial charge in [0.05, 0.1) is 29.3 Å². The van der Waals surface area contributed by atoms with Crippen LogP contribution >= 0.6 is 11.6 Å². The lowest BCUT2D eigenvalue weighted by Gasteiger charge is -2.16. The number of benzene rings is 2. The largest absolute Gasteiger partial charge is 0.465 e. The Kier molecular flexibility index (Phi) is 6.68. The average molecular weight is 431 g/mol. The molecule has 1 heterocycles. The first-order chi connectivity index (χ1) is 14.4. The molecule has 1 aliphatic heterocycles. The van der Waals surface area contributed by atoms with Crippen molar-refractivity contribution in [2.45, 2.75) is 6.42 Å². The summed E-state index contributed by atoms with van der Waals surface area (Å²) in [5.74, 6) is -2.58. The summed E-state index contributed by atoms with van der Waals surface area (Å²) in [5, 5.41) is 2.92. The van der Waals surface area contributed by atoms with Crippen molar-refractivity contribution in [3.8, 4) is 0 Å². The minimum absolute atomic E-state index is 0.0241. The van der Waals surface area contributed by atoms with Gasteiger partial charge in [0.15, 0.2) is 6.61 Å². The second kappa shape index (κ2) is 9.41. The van der Waals surface area contributed by atoms with Crippen LogP contribution in [0.5, 0.6) is 0 Å². The van der Waals surface area contributed by atoms with E-state index in [1.807, 2.05) is 0 Å². The standard InChI is InChI=1S/C21H19ClN2O6/c1-29-20(27)13-6-8-15(9-7-13)24-11-14(10-19(24)26)21(28)30-12-18(25)23-17-5-3-2-4-16(17)22/h2-9,14H,10-12H2,1H3,(H,23,25). The number of carbonyl (C=O) groups excluding carboxylic acids is 4. The van der Waals surface area contributed by atoms with E-state index in [0.717, 1.165) is 0 Å². The van der Waals surface area contributed by atoms with Gasteiger partial charge in [-0.2, -0.15) is 0 Å². The normalized spacial score (nSPS) is 15.6. The Morgan fingerprint density at radius 3 is 2.50 bits per heavy atom. The highest BCUT2D eigenvalue weighted by atomic mass is 35.5. The number of hydrogen-bond acceptors (Lipinski definition) is 6. The lowest BCUT2D eigenvalue weighted by molar-refractivity contribution is -0.151. The van der Waals surface area contributed by atoms with E-state index < -0.39 is 30.4 Å². The molecule has 0 radical (unpaired) electrons. The average Bonchev–Trinajstić information content (AvgIpc) is 3.15. The van der Waals surface area contributed by atoms with E-state index in [9.17, 15) is 19.2 Å². The summed E-state index contributed by atoms with van der Waals surface area (Å²) < 4.78 is 9.70. The zero-order valence-electron chi connectivity index (χ0n) is 16.1. The number of amides is 2. The number of methoxy groups -OCH3 is 1. The molecule has 2 amide bonds. The molecule has 2 aromatic rings. The first kappa shape index (κ1) is 21.3. The fraction of sp³-hybridized carbons (Fsp3) is 0.238. The molecule has 2 aromatic carbocycles. The van der Waals surface area contributed by atoms with E-state index in [4.69, 9.17) is 16.3 Å². The number of hydrogen-bond donors (Lipinski definition) is 1. The van der Waals surface area contributed by atoms with Crippen molar-refractivity contribution in [3.05, 3.63) is 59.1 Å². The van der Waals surface area contributed by atoms with Gasteiger partial charge in [-0.25, -0.2) is 4.79 Å². The van der Waals surface area contributed by atoms with Crippen LogP contribution in [0.3, 0.4) is 0 Å². The molecule has 1 unspecified atom stereocenters. The van der Waals surface area contributed by atoms with Gasteiger partial charge in [-0.15, -0.1) is 0 Å². The molecule has 1 saturated heterocycles. The smallest absolute Gasteiger partial charge is 0.337 e. The molecule has 0 aromatic heterocycles. The van der Waals surface area contributed by atoms with Crippen molar-refractivity contribution in [3.63, 3.8) is 0 Å². The summed E-state index contributed by atoms with van der Waals surface area (Å²) in [6, 6.07) is 13.0. The molecule has 30 heavy (non-hydrogen) atoms. The van der Waals surface area contributed by atoms with Gasteiger partial charge in [0, 0.05) is 18.7 Å². The van der Waals surface area contributed by atoms with Gasteiger partial charge in [0.1, 0.15) is 0 Å². The van der Waals surface area contributed by atoms with Crippen LogP contribution in [0.1, 0.15) is 16.8 Å². The predicted molar refractivity (Wildman–Crippen MR) is 109 cm³/mol. The third-order valence-corrected chi connectivity index (χ3v) is 4.88. The minimum Gasteiger partial charge on any atom is -0.465 e. The minimum atomic E-state index is -0.689. The number of ether oxygens (including phenoxy) is 2. The van der Waals surface area contributed by atoms with Gasteiger partial charge >= 0.3 is 11.9 Å². The van der Waals surface area contributed by atoms with Gasteiger partial charge in [-0.3, -0.25) is 14.4 Å². The monoisotopic (exact) mass is 430 g/mol. The maximum atomic E-state index is 12.3. The van der Waals surface area contributed by atoms with E-state index in [1.165, 1.54) is 12.0 Å². The lowest BCUT2D eigenvalue weighted by atomic mass is 10.1. The molecule has 156 valence electrons. The van der Waals surface area contributed by atoms with E-state index in [-0.39, 0.29) is 18.9 Å². The van der Waals surface area contributed by atoms with Gasteiger partial charge < -0.3 is 19.7 Å². The van der Waals surface area contributed by atoms with Crippen LogP contribution in [0, 0.1) is 5.92 Å². The van der Waals surface area contributed by atoms with E-state index in [1.54, 1.807) is 48.5 Å². The van der Waals surface area contributed by atoms with E-state index in [2.05, 4.69) is 10.1 Å². The summed E-state index contributed by atoms with van der Waals surface area (Å²) in [7, 11) is 1.28. The molecule has 3 rings (SSSR count). The molecular weight excluding hydrogens is 412 g/mol. The summed E-state index contributed by atoms with van der Waals surface area (Å²) in [6.07, 6.45) is -0.0241. The third kappa shape index (κ3) is 4.96. The van der Waals surface area contributed by atoms with Crippen LogP contribution in [-0.2, 0) is 23.9 Å². The maximum Gasteiger partial charge on any atom is 0.337 e. The zero-order chi connectivity index (χ0) is 21.7. The second-order valence-corrected chi connectivity index (χ2v) is 6.99. The Morgan fingerprint density at radius 2 is 1.83 bits per heavy atom. The molecule has 8 nitrogen and oxygen atoms in total. The second-order valence-electron chi connectivity index (χ2n) is 6.58. The van der Waals surface area contributed by atoms with Crippen LogP contribution in [0.2, 0.25) is 5.02 Å². The third-order valence-electron chi connectivity index (χ3n) is 4.55. The summed E-state index contributed by atoms with van der Waals surface area (Å²) >= 11 is 5.97. The number of anilines is 2. The SMILES string of the molecule is COC(=O)c1ccc(N2CC(C(=O)OCC(=O)Nc3ccccc3Cl)CC2=O)cc1. The first-order valence-corrected chi connectivity index (χ1v) is 9.46. The van der Waals surface area contributed by atoms with Crippen LogP contribution in [0.15, 0.2) is 48.5 Å². The van der Waals surface area contributed by atoms with Crippen LogP contribution in [0.4, 0.5) is 11.4 Å². The highest BCUT2D eigenvalue weighted by molar-refractivity contribution is 6.33. The maximum absolute atomic E-state index is 12.3.